The minimum absolute atomic E-state index is 0.0807. The van der Waals surface area contributed by atoms with E-state index in [-0.39, 0.29) is 17.8 Å². The van der Waals surface area contributed by atoms with E-state index < -0.39 is 12.0 Å². The number of rotatable bonds is 8. The molecule has 2 atom stereocenters. The summed E-state index contributed by atoms with van der Waals surface area (Å²) in [4.78, 5) is 32.1. The highest BCUT2D eigenvalue weighted by atomic mass is 32.2. The molecule has 0 aliphatic carbocycles. The normalized spacial score (nSPS) is 19.9. The van der Waals surface area contributed by atoms with Crippen LogP contribution in [0.25, 0.3) is 0 Å². The van der Waals surface area contributed by atoms with Crippen LogP contribution in [0.3, 0.4) is 0 Å². The minimum Gasteiger partial charge on any atom is -0.489 e. The highest BCUT2D eigenvalue weighted by Gasteiger charge is 2.46. The zero-order valence-corrected chi connectivity index (χ0v) is 19.6. The summed E-state index contributed by atoms with van der Waals surface area (Å²) in [5.74, 6) is 0.120. The van der Waals surface area contributed by atoms with E-state index in [2.05, 4.69) is 4.99 Å². The lowest BCUT2D eigenvalue weighted by atomic mass is 9.94. The number of thioether (sulfide) groups is 1. The Morgan fingerprint density at radius 1 is 1.09 bits per heavy atom. The second kappa shape index (κ2) is 10.2. The van der Waals surface area contributed by atoms with Gasteiger partial charge in [0.1, 0.15) is 19.0 Å². The lowest BCUT2D eigenvalue weighted by Gasteiger charge is -2.33. The number of esters is 1. The number of carbonyl (C=O) groups excluding carboxylic acids is 2. The summed E-state index contributed by atoms with van der Waals surface area (Å²) in [7, 11) is 1.54. The van der Waals surface area contributed by atoms with Crippen molar-refractivity contribution in [3.63, 3.8) is 0 Å². The van der Waals surface area contributed by atoms with E-state index in [0.717, 1.165) is 11.1 Å². The van der Waals surface area contributed by atoms with Crippen LogP contribution in [0.2, 0.25) is 0 Å². The average Bonchev–Trinajstić information content (AvgIpc) is 3.10. The van der Waals surface area contributed by atoms with Crippen LogP contribution in [0.5, 0.6) is 5.75 Å². The van der Waals surface area contributed by atoms with Gasteiger partial charge in [-0.2, -0.15) is 0 Å². The maximum atomic E-state index is 13.0. The predicted molar refractivity (Wildman–Crippen MR) is 127 cm³/mol. The van der Waals surface area contributed by atoms with Crippen molar-refractivity contribution in [3.05, 3.63) is 77.0 Å². The Hall–Kier alpha value is -3.10. The summed E-state index contributed by atoms with van der Waals surface area (Å²) in [6, 6.07) is 16.8. The molecule has 2 aliphatic heterocycles. The van der Waals surface area contributed by atoms with Gasteiger partial charge >= 0.3 is 5.97 Å². The van der Waals surface area contributed by atoms with E-state index in [4.69, 9.17) is 14.2 Å². The van der Waals surface area contributed by atoms with Crippen LogP contribution in [-0.4, -0.2) is 47.5 Å². The first kappa shape index (κ1) is 23.1. The monoisotopic (exact) mass is 466 g/mol. The molecule has 0 radical (unpaired) electrons. The predicted octanol–water partition coefficient (Wildman–Crippen LogP) is 4.10. The quantitative estimate of drug-likeness (QED) is 0.431. The summed E-state index contributed by atoms with van der Waals surface area (Å²) in [5.41, 5.74) is 2.77. The lowest BCUT2D eigenvalue weighted by Crippen LogP contribution is -2.40. The Kier molecular flexibility index (Phi) is 7.15. The first-order valence-corrected chi connectivity index (χ1v) is 11.6. The fraction of sp³-hybridized carbons (Fsp3) is 0.320. The van der Waals surface area contributed by atoms with Crippen LogP contribution < -0.4 is 4.74 Å². The van der Waals surface area contributed by atoms with Crippen molar-refractivity contribution in [1.29, 1.82) is 0 Å². The molecule has 0 saturated carbocycles. The SMILES string of the molecule is COCCOC(=O)C1=C(C)N=C2S[C@@H](C)C(=O)N2[C@H]1c1ccc(OCc2ccccc2)cc1. The van der Waals surface area contributed by atoms with Crippen molar-refractivity contribution in [2.24, 2.45) is 4.99 Å². The summed E-state index contributed by atoms with van der Waals surface area (Å²) in [5, 5.41) is 0.337. The first-order valence-electron chi connectivity index (χ1n) is 10.7. The molecule has 7 nitrogen and oxygen atoms in total. The molecule has 1 amide bonds. The van der Waals surface area contributed by atoms with E-state index in [0.29, 0.717) is 35.4 Å². The molecule has 4 rings (SSSR count). The van der Waals surface area contributed by atoms with Crippen molar-refractivity contribution in [2.75, 3.05) is 20.3 Å². The number of aliphatic imine (C=N–C) groups is 1. The van der Waals surface area contributed by atoms with E-state index in [1.165, 1.54) is 11.8 Å². The molecule has 33 heavy (non-hydrogen) atoms. The molecule has 2 aliphatic rings. The van der Waals surface area contributed by atoms with Gasteiger partial charge in [0.05, 0.1) is 29.2 Å². The van der Waals surface area contributed by atoms with Crippen LogP contribution in [0, 0.1) is 0 Å². The number of amides is 1. The third kappa shape index (κ3) is 4.96. The van der Waals surface area contributed by atoms with E-state index >= 15 is 0 Å². The molecule has 1 saturated heterocycles. The van der Waals surface area contributed by atoms with Gasteiger partial charge in [-0.1, -0.05) is 54.2 Å². The van der Waals surface area contributed by atoms with Gasteiger partial charge in [-0.3, -0.25) is 9.69 Å². The van der Waals surface area contributed by atoms with Gasteiger partial charge in [0.25, 0.3) is 0 Å². The molecular formula is C25H26N2O5S. The van der Waals surface area contributed by atoms with Gasteiger partial charge in [-0.15, -0.1) is 0 Å². The molecule has 1 fully saturated rings. The molecule has 0 spiro atoms. The van der Waals surface area contributed by atoms with Crippen molar-refractivity contribution in [3.8, 4) is 5.75 Å². The Morgan fingerprint density at radius 3 is 2.52 bits per heavy atom. The molecular weight excluding hydrogens is 440 g/mol. The van der Waals surface area contributed by atoms with Gasteiger partial charge in [0, 0.05) is 7.11 Å². The van der Waals surface area contributed by atoms with E-state index in [1.807, 2.05) is 61.5 Å². The minimum atomic E-state index is -0.610. The molecule has 0 unspecified atom stereocenters. The van der Waals surface area contributed by atoms with Gasteiger partial charge in [-0.05, 0) is 37.1 Å². The maximum absolute atomic E-state index is 13.0. The van der Waals surface area contributed by atoms with Crippen molar-refractivity contribution in [2.45, 2.75) is 31.7 Å². The molecule has 0 bridgehead atoms. The number of hydrogen-bond acceptors (Lipinski definition) is 7. The zero-order valence-electron chi connectivity index (χ0n) is 18.8. The van der Waals surface area contributed by atoms with E-state index in [1.54, 1.807) is 18.9 Å². The molecule has 0 N–H and O–H groups in total. The van der Waals surface area contributed by atoms with Gasteiger partial charge in [0.2, 0.25) is 5.91 Å². The van der Waals surface area contributed by atoms with Crippen LogP contribution >= 0.6 is 11.8 Å². The number of methoxy groups -OCH3 is 1. The lowest BCUT2D eigenvalue weighted by molar-refractivity contribution is -0.141. The Morgan fingerprint density at radius 2 is 1.82 bits per heavy atom. The molecule has 2 aromatic rings. The van der Waals surface area contributed by atoms with Gasteiger partial charge < -0.3 is 14.2 Å². The van der Waals surface area contributed by atoms with Gasteiger partial charge in [0.15, 0.2) is 5.17 Å². The van der Waals surface area contributed by atoms with Crippen molar-refractivity contribution in [1.82, 2.24) is 4.90 Å². The number of amidine groups is 1. The number of benzene rings is 2. The number of carbonyl (C=O) groups is 2. The largest absolute Gasteiger partial charge is 0.489 e. The highest BCUT2D eigenvalue weighted by Crippen LogP contribution is 2.43. The molecule has 2 heterocycles. The number of allylic oxidation sites excluding steroid dienone is 1. The van der Waals surface area contributed by atoms with Crippen LogP contribution in [0.4, 0.5) is 0 Å². The van der Waals surface area contributed by atoms with Crippen LogP contribution in [0.15, 0.2) is 70.9 Å². The Balaban J connectivity index is 1.61. The number of ether oxygens (including phenoxy) is 3. The summed E-state index contributed by atoms with van der Waals surface area (Å²) in [6.07, 6.45) is 0. The van der Waals surface area contributed by atoms with Crippen molar-refractivity contribution >= 4 is 28.8 Å². The summed E-state index contributed by atoms with van der Waals surface area (Å²) < 4.78 is 16.3. The third-order valence-electron chi connectivity index (χ3n) is 5.44. The third-order valence-corrected chi connectivity index (χ3v) is 6.50. The fourth-order valence-corrected chi connectivity index (χ4v) is 4.79. The zero-order chi connectivity index (χ0) is 23.4. The second-order valence-electron chi connectivity index (χ2n) is 7.74. The molecule has 172 valence electrons. The number of nitrogens with zero attached hydrogens (tertiary/aromatic N) is 2. The van der Waals surface area contributed by atoms with Crippen LogP contribution in [0.1, 0.15) is 31.0 Å². The van der Waals surface area contributed by atoms with Crippen LogP contribution in [-0.2, 0) is 25.7 Å². The van der Waals surface area contributed by atoms with Gasteiger partial charge in [-0.25, -0.2) is 9.79 Å². The first-order chi connectivity index (χ1) is 16.0. The average molecular weight is 467 g/mol. The standard InChI is InChI=1S/C25H26N2O5S/c1-16-21(24(29)31-14-13-30-3)22(27-23(28)17(2)33-25(27)26-16)19-9-11-20(12-10-19)32-15-18-7-5-4-6-8-18/h4-12,17,22H,13-15H2,1-3H3/t17-,22-/m0/s1. The maximum Gasteiger partial charge on any atom is 0.338 e. The molecule has 2 aromatic carbocycles. The van der Waals surface area contributed by atoms with E-state index in [9.17, 15) is 9.59 Å². The fourth-order valence-electron chi connectivity index (χ4n) is 3.76. The number of fused-ring (bicyclic) bond motifs is 1. The summed E-state index contributed by atoms with van der Waals surface area (Å²) in [6.45, 7) is 4.49. The Bertz CT molecular complexity index is 1080. The summed E-state index contributed by atoms with van der Waals surface area (Å²) >= 11 is 1.40. The number of hydrogen-bond donors (Lipinski definition) is 0. The highest BCUT2D eigenvalue weighted by molar-refractivity contribution is 8.15. The smallest absolute Gasteiger partial charge is 0.338 e. The Labute approximate surface area is 197 Å². The topological polar surface area (TPSA) is 77.4 Å². The van der Waals surface area contributed by atoms with Crippen molar-refractivity contribution < 1.29 is 23.8 Å². The molecule has 0 aromatic heterocycles. The second-order valence-corrected chi connectivity index (χ2v) is 9.04. The molecule has 8 heteroatoms.